The van der Waals surface area contributed by atoms with E-state index in [4.69, 9.17) is 23.2 Å². The molecule has 1 aliphatic carbocycles. The van der Waals surface area contributed by atoms with E-state index in [9.17, 15) is 9.59 Å². The summed E-state index contributed by atoms with van der Waals surface area (Å²) in [6, 6.07) is 0. The van der Waals surface area contributed by atoms with Crippen LogP contribution in [0.15, 0.2) is 22.2 Å². The van der Waals surface area contributed by atoms with E-state index in [1.807, 2.05) is 0 Å². The number of rotatable bonds is 0. The van der Waals surface area contributed by atoms with Crippen LogP contribution in [0.1, 0.15) is 0 Å². The summed E-state index contributed by atoms with van der Waals surface area (Å²) in [5, 5.41) is 0.593. The third kappa shape index (κ3) is 1.19. The molecule has 0 radical (unpaired) electrons. The molecule has 0 bridgehead atoms. The highest BCUT2D eigenvalue weighted by Crippen LogP contribution is 2.40. The lowest BCUT2D eigenvalue weighted by molar-refractivity contribution is -0.153. The third-order valence-corrected chi connectivity index (χ3v) is 2.76. The van der Waals surface area contributed by atoms with E-state index < -0.39 is 23.8 Å². The van der Waals surface area contributed by atoms with E-state index in [-0.39, 0.29) is 0 Å². The first-order chi connectivity index (χ1) is 6.11. The highest BCUT2D eigenvalue weighted by molar-refractivity contribution is 6.36. The normalized spacial score (nSPS) is 32.2. The SMILES string of the molecule is O=C1OC(=O)C2C(Cl)=CC=C(Cl)C12. The lowest BCUT2D eigenvalue weighted by Gasteiger charge is -2.15. The number of cyclic esters (lactones) is 2. The van der Waals surface area contributed by atoms with Gasteiger partial charge in [0.25, 0.3) is 0 Å². The van der Waals surface area contributed by atoms with Crippen LogP contribution in [-0.2, 0) is 14.3 Å². The third-order valence-electron chi connectivity index (χ3n) is 2.04. The Morgan fingerprint density at radius 2 is 1.38 bits per heavy atom. The second-order valence-corrected chi connectivity index (χ2v) is 3.67. The molecule has 0 N–H and O–H groups in total. The molecule has 1 fully saturated rings. The van der Waals surface area contributed by atoms with Gasteiger partial charge < -0.3 is 4.74 Å². The number of carbonyl (C=O) groups is 2. The van der Waals surface area contributed by atoms with Crippen molar-refractivity contribution in [2.45, 2.75) is 0 Å². The minimum atomic E-state index is -0.730. The van der Waals surface area contributed by atoms with E-state index >= 15 is 0 Å². The number of ether oxygens (including phenoxy) is 1. The fraction of sp³-hybridized carbons (Fsp3) is 0.250. The van der Waals surface area contributed by atoms with Gasteiger partial charge in [-0.25, -0.2) is 0 Å². The number of carbonyl (C=O) groups excluding carboxylic acids is 2. The van der Waals surface area contributed by atoms with E-state index in [1.54, 1.807) is 0 Å². The maximum absolute atomic E-state index is 11.1. The Hall–Kier alpha value is -0.800. The van der Waals surface area contributed by atoms with Crippen molar-refractivity contribution in [3.63, 3.8) is 0 Å². The van der Waals surface area contributed by atoms with Crippen LogP contribution in [0.4, 0.5) is 0 Å². The summed E-state index contributed by atoms with van der Waals surface area (Å²) in [5.41, 5.74) is 0. The van der Waals surface area contributed by atoms with Gasteiger partial charge in [-0.1, -0.05) is 23.2 Å². The van der Waals surface area contributed by atoms with Crippen LogP contribution in [0.2, 0.25) is 0 Å². The number of hydrogen-bond donors (Lipinski definition) is 0. The Bertz CT molecular complexity index is 322. The zero-order valence-corrected chi connectivity index (χ0v) is 7.80. The van der Waals surface area contributed by atoms with Crippen molar-refractivity contribution >= 4 is 35.1 Å². The minimum Gasteiger partial charge on any atom is -0.392 e. The fourth-order valence-corrected chi connectivity index (χ4v) is 1.96. The van der Waals surface area contributed by atoms with Gasteiger partial charge in [0.1, 0.15) is 11.8 Å². The minimum absolute atomic E-state index is 0.297. The summed E-state index contributed by atoms with van der Waals surface area (Å²) in [7, 11) is 0. The summed E-state index contributed by atoms with van der Waals surface area (Å²) in [4.78, 5) is 22.2. The van der Waals surface area contributed by atoms with Crippen molar-refractivity contribution < 1.29 is 14.3 Å². The number of fused-ring (bicyclic) bond motifs is 1. The average Bonchev–Trinajstić information content (AvgIpc) is 2.36. The Labute approximate surface area is 83.9 Å². The van der Waals surface area contributed by atoms with E-state index in [0.29, 0.717) is 10.1 Å². The molecule has 0 amide bonds. The Morgan fingerprint density at radius 1 is 1.00 bits per heavy atom. The molecule has 0 saturated carbocycles. The van der Waals surface area contributed by atoms with E-state index in [2.05, 4.69) is 4.74 Å². The molecule has 68 valence electrons. The first-order valence-electron chi connectivity index (χ1n) is 3.59. The summed E-state index contributed by atoms with van der Waals surface area (Å²) in [5.74, 6) is -2.71. The molecule has 0 aromatic rings. The quantitative estimate of drug-likeness (QED) is 0.458. The zero-order valence-electron chi connectivity index (χ0n) is 6.29. The zero-order chi connectivity index (χ0) is 9.59. The molecule has 0 aromatic carbocycles. The Kier molecular flexibility index (Phi) is 1.93. The molecule has 2 unspecified atom stereocenters. The largest absolute Gasteiger partial charge is 0.392 e. The number of allylic oxidation sites excluding steroid dienone is 2. The monoisotopic (exact) mass is 218 g/mol. The lowest BCUT2D eigenvalue weighted by atomic mass is 9.90. The molecule has 13 heavy (non-hydrogen) atoms. The van der Waals surface area contributed by atoms with Gasteiger partial charge >= 0.3 is 11.9 Å². The molecular formula is C8H4Cl2O3. The molecule has 2 rings (SSSR count). The second kappa shape index (κ2) is 2.86. The highest BCUT2D eigenvalue weighted by Gasteiger charge is 2.48. The molecular weight excluding hydrogens is 215 g/mol. The van der Waals surface area contributed by atoms with Gasteiger partial charge in [-0.15, -0.1) is 0 Å². The predicted octanol–water partition coefficient (Wildman–Crippen LogP) is 1.56. The van der Waals surface area contributed by atoms with E-state index in [1.165, 1.54) is 12.2 Å². The topological polar surface area (TPSA) is 43.4 Å². The summed E-state index contributed by atoms with van der Waals surface area (Å²) in [6.45, 7) is 0. The van der Waals surface area contributed by atoms with E-state index in [0.717, 1.165) is 0 Å². The van der Waals surface area contributed by atoms with Gasteiger partial charge in [0.15, 0.2) is 0 Å². The standard InChI is InChI=1S/C8H4Cl2O3/c9-3-1-2-4(10)6-5(3)7(11)13-8(6)12/h1-2,5-6H. The molecule has 5 heteroatoms. The van der Waals surface area contributed by atoms with Crippen LogP contribution in [0, 0.1) is 11.8 Å². The lowest BCUT2D eigenvalue weighted by Crippen LogP contribution is -2.20. The molecule has 1 saturated heterocycles. The molecule has 3 nitrogen and oxygen atoms in total. The van der Waals surface area contributed by atoms with Crippen LogP contribution in [0.5, 0.6) is 0 Å². The maximum atomic E-state index is 11.1. The van der Waals surface area contributed by atoms with Gasteiger partial charge in [-0.3, -0.25) is 9.59 Å². The molecule has 1 aliphatic heterocycles. The van der Waals surface area contributed by atoms with Crippen molar-refractivity contribution in [2.75, 3.05) is 0 Å². The number of halogens is 2. The van der Waals surface area contributed by atoms with Crippen LogP contribution < -0.4 is 0 Å². The van der Waals surface area contributed by atoms with Gasteiger partial charge in [0.05, 0.1) is 0 Å². The van der Waals surface area contributed by atoms with Crippen LogP contribution in [0.3, 0.4) is 0 Å². The van der Waals surface area contributed by atoms with Gasteiger partial charge in [-0.2, -0.15) is 0 Å². The molecule has 2 aliphatic rings. The summed E-state index contributed by atoms with van der Waals surface area (Å²) >= 11 is 11.5. The highest BCUT2D eigenvalue weighted by atomic mass is 35.5. The Morgan fingerprint density at radius 3 is 1.77 bits per heavy atom. The van der Waals surface area contributed by atoms with Crippen molar-refractivity contribution in [1.82, 2.24) is 0 Å². The van der Waals surface area contributed by atoms with Crippen molar-refractivity contribution in [2.24, 2.45) is 11.8 Å². The molecule has 0 spiro atoms. The van der Waals surface area contributed by atoms with Crippen LogP contribution >= 0.6 is 23.2 Å². The predicted molar refractivity (Wildman–Crippen MR) is 46.0 cm³/mol. The van der Waals surface area contributed by atoms with Gasteiger partial charge in [0.2, 0.25) is 0 Å². The van der Waals surface area contributed by atoms with Gasteiger partial charge in [0, 0.05) is 10.1 Å². The Balaban J connectivity index is 2.47. The van der Waals surface area contributed by atoms with Gasteiger partial charge in [-0.05, 0) is 12.2 Å². The first kappa shape index (κ1) is 8.78. The second-order valence-electron chi connectivity index (χ2n) is 2.80. The average molecular weight is 219 g/mol. The van der Waals surface area contributed by atoms with Crippen LogP contribution in [0.25, 0.3) is 0 Å². The van der Waals surface area contributed by atoms with Crippen LogP contribution in [-0.4, -0.2) is 11.9 Å². The molecule has 2 atom stereocenters. The van der Waals surface area contributed by atoms with Crippen molar-refractivity contribution in [3.05, 3.63) is 22.2 Å². The van der Waals surface area contributed by atoms with Crippen molar-refractivity contribution in [3.8, 4) is 0 Å². The summed E-state index contributed by atoms with van der Waals surface area (Å²) < 4.78 is 4.42. The fourth-order valence-electron chi connectivity index (χ4n) is 1.41. The number of hydrogen-bond acceptors (Lipinski definition) is 3. The maximum Gasteiger partial charge on any atom is 0.323 e. The molecule has 1 heterocycles. The molecule has 0 aromatic heterocycles. The number of esters is 2. The van der Waals surface area contributed by atoms with Crippen molar-refractivity contribution in [1.29, 1.82) is 0 Å². The first-order valence-corrected chi connectivity index (χ1v) is 4.35. The smallest absolute Gasteiger partial charge is 0.323 e. The summed E-state index contributed by atoms with van der Waals surface area (Å²) in [6.07, 6.45) is 3.01.